The van der Waals surface area contributed by atoms with Crippen molar-refractivity contribution in [1.29, 1.82) is 0 Å². The zero-order valence-corrected chi connectivity index (χ0v) is 18.5. The van der Waals surface area contributed by atoms with Crippen molar-refractivity contribution < 1.29 is 22.7 Å². The van der Waals surface area contributed by atoms with Crippen molar-refractivity contribution in [2.75, 3.05) is 17.7 Å². The van der Waals surface area contributed by atoms with Crippen LogP contribution in [0, 0.1) is 0 Å². The van der Waals surface area contributed by atoms with Gasteiger partial charge in [0.05, 0.1) is 28.5 Å². The fourth-order valence-corrected chi connectivity index (χ4v) is 4.37. The van der Waals surface area contributed by atoms with Crippen molar-refractivity contribution in [2.45, 2.75) is 37.5 Å². The van der Waals surface area contributed by atoms with Crippen molar-refractivity contribution >= 4 is 44.6 Å². The number of nitrogens with two attached hydrogens (primary N) is 1. The number of carbonyl (C=O) groups is 1. The van der Waals surface area contributed by atoms with Crippen LogP contribution in [-0.2, 0) is 10.9 Å². The Kier molecular flexibility index (Phi) is 5.99. The van der Waals surface area contributed by atoms with Crippen LogP contribution in [0.25, 0.3) is 22.2 Å². The molecular formula is C20H20BrF3N6O2. The van der Waals surface area contributed by atoms with E-state index < -0.39 is 17.8 Å². The number of nitrogens with zero attached hydrogens (tertiary/aromatic N) is 2. The number of aromatic amines is 1. The van der Waals surface area contributed by atoms with Gasteiger partial charge in [0.25, 0.3) is 0 Å². The van der Waals surface area contributed by atoms with Crippen LogP contribution in [0.1, 0.15) is 24.8 Å². The van der Waals surface area contributed by atoms with Crippen LogP contribution in [0.4, 0.5) is 29.6 Å². The summed E-state index contributed by atoms with van der Waals surface area (Å²) in [6.07, 6.45) is -0.730. The summed E-state index contributed by atoms with van der Waals surface area (Å²) in [7, 11) is 1.23. The Morgan fingerprint density at radius 3 is 2.78 bits per heavy atom. The van der Waals surface area contributed by atoms with E-state index in [1.165, 1.54) is 13.3 Å². The SMILES string of the molecule is COC(=O)Nc1ccc2c(-c3nc(N[C@H]4CC[C@H](N)C4)ncc3C(F)(F)F)c[nH]c2c1Br. The minimum Gasteiger partial charge on any atom is -0.453 e. The zero-order valence-electron chi connectivity index (χ0n) is 16.9. The van der Waals surface area contributed by atoms with Crippen molar-refractivity contribution in [3.63, 3.8) is 0 Å². The molecule has 3 aromatic rings. The number of hydrogen-bond acceptors (Lipinski definition) is 6. The molecular weight excluding hydrogens is 493 g/mol. The van der Waals surface area contributed by atoms with Gasteiger partial charge in [-0.3, -0.25) is 5.32 Å². The number of rotatable bonds is 4. The van der Waals surface area contributed by atoms with E-state index in [1.807, 2.05) is 0 Å². The fourth-order valence-electron chi connectivity index (χ4n) is 3.81. The number of alkyl halides is 3. The normalized spacial score (nSPS) is 18.7. The molecule has 0 unspecified atom stereocenters. The summed E-state index contributed by atoms with van der Waals surface area (Å²) >= 11 is 3.38. The smallest absolute Gasteiger partial charge is 0.419 e. The van der Waals surface area contributed by atoms with Crippen LogP contribution < -0.4 is 16.4 Å². The van der Waals surface area contributed by atoms with E-state index in [0.29, 0.717) is 27.5 Å². The highest BCUT2D eigenvalue weighted by Gasteiger charge is 2.36. The number of nitrogens with one attached hydrogen (secondary N) is 3. The minimum atomic E-state index is -4.64. The monoisotopic (exact) mass is 512 g/mol. The van der Waals surface area contributed by atoms with E-state index in [0.717, 1.165) is 19.0 Å². The summed E-state index contributed by atoms with van der Waals surface area (Å²) in [4.78, 5) is 22.6. The van der Waals surface area contributed by atoms with Crippen LogP contribution in [0.3, 0.4) is 0 Å². The third-order valence-corrected chi connectivity index (χ3v) is 6.19. The molecule has 12 heteroatoms. The summed E-state index contributed by atoms with van der Waals surface area (Å²) in [6, 6.07) is 3.23. The largest absolute Gasteiger partial charge is 0.453 e. The number of halogens is 4. The molecule has 2 aromatic heterocycles. The maximum Gasteiger partial charge on any atom is 0.419 e. The highest BCUT2D eigenvalue weighted by atomic mass is 79.9. The predicted octanol–water partition coefficient (Wildman–Crippen LogP) is 4.88. The minimum absolute atomic E-state index is 0.0126. The third kappa shape index (κ3) is 4.37. The van der Waals surface area contributed by atoms with Crippen LogP contribution in [0.5, 0.6) is 0 Å². The van der Waals surface area contributed by atoms with Crippen LogP contribution in [-0.4, -0.2) is 40.2 Å². The van der Waals surface area contributed by atoms with Gasteiger partial charge in [-0.15, -0.1) is 0 Å². The van der Waals surface area contributed by atoms with Gasteiger partial charge < -0.3 is 20.8 Å². The Labute approximate surface area is 189 Å². The van der Waals surface area contributed by atoms with Crippen molar-refractivity contribution in [3.05, 3.63) is 34.6 Å². The highest BCUT2D eigenvalue weighted by Crippen LogP contribution is 2.41. The molecule has 0 radical (unpaired) electrons. The number of methoxy groups -OCH3 is 1. The third-order valence-electron chi connectivity index (χ3n) is 5.37. The second-order valence-electron chi connectivity index (χ2n) is 7.54. The number of fused-ring (bicyclic) bond motifs is 1. The van der Waals surface area contributed by atoms with Gasteiger partial charge in [-0.05, 0) is 41.3 Å². The molecule has 1 aliphatic carbocycles. The Morgan fingerprint density at radius 1 is 1.34 bits per heavy atom. The lowest BCUT2D eigenvalue weighted by atomic mass is 10.1. The van der Waals surface area contributed by atoms with Crippen molar-refractivity contribution in [2.24, 2.45) is 5.73 Å². The number of H-pyrrole nitrogens is 1. The van der Waals surface area contributed by atoms with Gasteiger partial charge in [0.15, 0.2) is 0 Å². The van der Waals surface area contributed by atoms with Crippen LogP contribution in [0.15, 0.2) is 29.0 Å². The maximum absolute atomic E-state index is 13.8. The molecule has 1 aromatic carbocycles. The number of carbonyl (C=O) groups excluding carboxylic acids is 1. The lowest BCUT2D eigenvalue weighted by Crippen LogP contribution is -2.22. The van der Waals surface area contributed by atoms with Gasteiger partial charge in [-0.1, -0.05) is 6.07 Å². The first-order valence-electron chi connectivity index (χ1n) is 9.78. The van der Waals surface area contributed by atoms with Gasteiger partial charge in [0.1, 0.15) is 5.56 Å². The van der Waals surface area contributed by atoms with E-state index in [4.69, 9.17) is 5.73 Å². The van der Waals surface area contributed by atoms with Crippen molar-refractivity contribution in [1.82, 2.24) is 15.0 Å². The number of ether oxygens (including phenoxy) is 1. The van der Waals surface area contributed by atoms with Gasteiger partial charge >= 0.3 is 12.3 Å². The average Bonchev–Trinajstić information content (AvgIpc) is 3.35. The number of benzene rings is 1. The summed E-state index contributed by atoms with van der Waals surface area (Å²) < 4.78 is 46.3. The molecule has 4 rings (SSSR count). The molecule has 0 aliphatic heterocycles. The van der Waals surface area contributed by atoms with Gasteiger partial charge in [-0.25, -0.2) is 14.8 Å². The fraction of sp³-hybridized carbons (Fsp3) is 0.350. The molecule has 32 heavy (non-hydrogen) atoms. The average molecular weight is 513 g/mol. The van der Waals surface area contributed by atoms with E-state index in [1.54, 1.807) is 12.1 Å². The van der Waals surface area contributed by atoms with Gasteiger partial charge in [-0.2, -0.15) is 13.2 Å². The Bertz CT molecular complexity index is 1170. The molecule has 5 N–H and O–H groups in total. The van der Waals surface area contributed by atoms with E-state index in [2.05, 4.69) is 46.3 Å². The van der Waals surface area contributed by atoms with Crippen LogP contribution >= 0.6 is 15.9 Å². The summed E-state index contributed by atoms with van der Waals surface area (Å²) in [6.45, 7) is 0. The maximum atomic E-state index is 13.8. The molecule has 1 saturated carbocycles. The number of aromatic nitrogens is 3. The number of hydrogen-bond donors (Lipinski definition) is 4. The molecule has 0 bridgehead atoms. The lowest BCUT2D eigenvalue weighted by molar-refractivity contribution is -0.137. The summed E-state index contributed by atoms with van der Waals surface area (Å²) in [5.41, 5.74) is 5.88. The second kappa shape index (κ2) is 8.58. The number of amides is 1. The zero-order chi connectivity index (χ0) is 23.0. The standard InChI is InChI=1S/C20H20BrF3N6O2/c1-32-19(31)29-14-5-4-11-12(7-26-17(11)15(14)21)16-13(20(22,23)24)8-27-18(30-16)28-10-3-2-9(25)6-10/h4-5,7-10,26H,2-3,6,25H2,1H3,(H,29,31)(H,27,28,30)/t9-,10-/m0/s1. The van der Waals surface area contributed by atoms with Crippen molar-refractivity contribution in [3.8, 4) is 11.3 Å². The molecule has 8 nitrogen and oxygen atoms in total. The molecule has 2 atom stereocenters. The molecule has 1 amide bonds. The first kappa shape index (κ1) is 22.3. The van der Waals surface area contributed by atoms with Crippen LogP contribution in [0.2, 0.25) is 0 Å². The first-order chi connectivity index (χ1) is 15.2. The Balaban J connectivity index is 1.77. The van der Waals surface area contributed by atoms with Gasteiger partial charge in [0.2, 0.25) is 5.95 Å². The Morgan fingerprint density at radius 2 is 2.12 bits per heavy atom. The molecule has 1 aliphatic rings. The molecule has 2 heterocycles. The summed E-state index contributed by atoms with van der Waals surface area (Å²) in [5, 5.41) is 6.13. The molecule has 0 spiro atoms. The Hall–Kier alpha value is -2.86. The second-order valence-corrected chi connectivity index (χ2v) is 8.33. The van der Waals surface area contributed by atoms with E-state index in [9.17, 15) is 18.0 Å². The lowest BCUT2D eigenvalue weighted by Gasteiger charge is -2.16. The van der Waals surface area contributed by atoms with E-state index in [-0.39, 0.29) is 29.3 Å². The topological polar surface area (TPSA) is 118 Å². The first-order valence-corrected chi connectivity index (χ1v) is 10.6. The molecule has 1 fully saturated rings. The number of anilines is 2. The molecule has 0 saturated heterocycles. The quantitative estimate of drug-likeness (QED) is 0.395. The highest BCUT2D eigenvalue weighted by molar-refractivity contribution is 9.10. The predicted molar refractivity (Wildman–Crippen MR) is 117 cm³/mol. The van der Waals surface area contributed by atoms with Gasteiger partial charge in [0, 0.05) is 35.4 Å². The summed E-state index contributed by atoms with van der Waals surface area (Å²) in [5.74, 6) is 0.115. The molecule has 170 valence electrons. The van der Waals surface area contributed by atoms with E-state index >= 15 is 0 Å².